The summed E-state index contributed by atoms with van der Waals surface area (Å²) >= 11 is 0. The van der Waals surface area contributed by atoms with Crippen LogP contribution in [-0.2, 0) is 9.47 Å². The zero-order valence-electron chi connectivity index (χ0n) is 13.6. The van der Waals surface area contributed by atoms with Gasteiger partial charge >= 0.3 is 0 Å². The first-order chi connectivity index (χ1) is 11.1. The van der Waals surface area contributed by atoms with Crippen LogP contribution in [-0.4, -0.2) is 37.4 Å². The van der Waals surface area contributed by atoms with Crippen LogP contribution in [0.3, 0.4) is 0 Å². The Morgan fingerprint density at radius 2 is 2.00 bits per heavy atom. The maximum absolute atomic E-state index is 6.31. The molecule has 5 atom stereocenters. The van der Waals surface area contributed by atoms with Crippen molar-refractivity contribution in [2.24, 2.45) is 5.92 Å². The fraction of sp³-hybridized carbons (Fsp3) is 0.667. The number of fused-ring (bicyclic) bond motifs is 3. The van der Waals surface area contributed by atoms with Crippen molar-refractivity contribution in [1.29, 1.82) is 0 Å². The summed E-state index contributed by atoms with van der Waals surface area (Å²) in [5, 5.41) is 3.71. The van der Waals surface area contributed by atoms with Gasteiger partial charge in [-0.15, -0.1) is 0 Å². The Morgan fingerprint density at radius 3 is 2.91 bits per heavy atom. The van der Waals surface area contributed by atoms with Crippen molar-refractivity contribution in [3.8, 4) is 11.5 Å². The Balaban J connectivity index is 1.55. The van der Waals surface area contributed by atoms with E-state index in [0.717, 1.165) is 24.5 Å². The van der Waals surface area contributed by atoms with Gasteiger partial charge in [-0.3, -0.25) is 0 Å². The topological polar surface area (TPSA) is 49.0 Å². The van der Waals surface area contributed by atoms with Crippen LogP contribution in [0.15, 0.2) is 18.2 Å². The van der Waals surface area contributed by atoms with Crippen molar-refractivity contribution < 1.29 is 18.9 Å². The van der Waals surface area contributed by atoms with Gasteiger partial charge in [-0.05, 0) is 56.8 Å². The highest BCUT2D eigenvalue weighted by Gasteiger charge is 2.54. The number of nitrogens with one attached hydrogen (secondary N) is 1. The number of ether oxygens (including phenoxy) is 4. The van der Waals surface area contributed by atoms with Crippen LogP contribution in [0, 0.1) is 5.92 Å². The molecule has 3 fully saturated rings. The zero-order valence-corrected chi connectivity index (χ0v) is 13.6. The van der Waals surface area contributed by atoms with Gasteiger partial charge in [0.15, 0.2) is 17.3 Å². The van der Waals surface area contributed by atoms with Crippen LogP contribution in [0.4, 0.5) is 0 Å². The fourth-order valence-corrected chi connectivity index (χ4v) is 4.84. The summed E-state index contributed by atoms with van der Waals surface area (Å²) in [4.78, 5) is 0. The van der Waals surface area contributed by atoms with E-state index in [4.69, 9.17) is 18.9 Å². The Hall–Kier alpha value is -1.30. The molecular weight excluding hydrogens is 294 g/mol. The molecule has 5 nitrogen and oxygen atoms in total. The van der Waals surface area contributed by atoms with E-state index in [-0.39, 0.29) is 18.1 Å². The second-order valence-corrected chi connectivity index (χ2v) is 7.54. The molecule has 1 N–H and O–H groups in total. The van der Waals surface area contributed by atoms with Gasteiger partial charge in [0.25, 0.3) is 0 Å². The highest BCUT2D eigenvalue weighted by Crippen LogP contribution is 2.49. The third kappa shape index (κ3) is 2.17. The van der Waals surface area contributed by atoms with Crippen LogP contribution >= 0.6 is 0 Å². The number of benzene rings is 1. The lowest BCUT2D eigenvalue weighted by Crippen LogP contribution is -2.49. The molecular formula is C18H23NO4. The van der Waals surface area contributed by atoms with Gasteiger partial charge in [0.1, 0.15) is 0 Å². The predicted octanol–water partition coefficient (Wildman–Crippen LogP) is 2.40. The molecule has 1 saturated carbocycles. The Kier molecular flexibility index (Phi) is 2.97. The SMILES string of the molecule is CC1(C)OC2C[C@@H]3CCN[C@@H]3[C@@H](c3ccc4c(c3)OCO4)C2O1. The van der Waals surface area contributed by atoms with E-state index in [1.165, 1.54) is 12.0 Å². The van der Waals surface area contributed by atoms with Gasteiger partial charge < -0.3 is 24.3 Å². The molecule has 3 aliphatic heterocycles. The van der Waals surface area contributed by atoms with E-state index in [1.807, 2.05) is 19.9 Å². The minimum atomic E-state index is -0.497. The maximum Gasteiger partial charge on any atom is 0.231 e. The van der Waals surface area contributed by atoms with Crippen molar-refractivity contribution in [1.82, 2.24) is 5.32 Å². The van der Waals surface area contributed by atoms with E-state index in [9.17, 15) is 0 Å². The van der Waals surface area contributed by atoms with E-state index in [1.54, 1.807) is 0 Å². The molecule has 0 spiro atoms. The molecule has 0 radical (unpaired) electrons. The molecule has 1 aromatic carbocycles. The summed E-state index contributed by atoms with van der Waals surface area (Å²) in [6.07, 6.45) is 2.59. The molecule has 5 heteroatoms. The molecule has 3 heterocycles. The standard InChI is InChI=1S/C18H23NO4/c1-18(2)22-14-8-11-5-6-19-16(11)15(17(14)23-18)10-3-4-12-13(7-10)21-9-20-12/h3-4,7,11,14-17,19H,5-6,8-9H2,1-2H3/t11-,14?,15+,16-,17?/m0/s1. The van der Waals surface area contributed by atoms with Gasteiger partial charge in [-0.25, -0.2) is 0 Å². The van der Waals surface area contributed by atoms with Crippen LogP contribution in [0.2, 0.25) is 0 Å². The smallest absolute Gasteiger partial charge is 0.231 e. The van der Waals surface area contributed by atoms with Crippen molar-refractivity contribution in [3.63, 3.8) is 0 Å². The lowest BCUT2D eigenvalue weighted by molar-refractivity contribution is -0.147. The average molecular weight is 317 g/mol. The fourth-order valence-electron chi connectivity index (χ4n) is 4.84. The summed E-state index contributed by atoms with van der Waals surface area (Å²) < 4.78 is 23.5. The van der Waals surface area contributed by atoms with E-state index in [0.29, 0.717) is 18.8 Å². The van der Waals surface area contributed by atoms with Crippen molar-refractivity contribution in [2.75, 3.05) is 13.3 Å². The van der Waals surface area contributed by atoms with Gasteiger partial charge in [0, 0.05) is 12.0 Å². The highest BCUT2D eigenvalue weighted by atomic mass is 16.8. The first-order valence-electron chi connectivity index (χ1n) is 8.59. The summed E-state index contributed by atoms with van der Waals surface area (Å²) in [5.74, 6) is 2.13. The van der Waals surface area contributed by atoms with E-state index >= 15 is 0 Å². The summed E-state index contributed by atoms with van der Waals surface area (Å²) in [7, 11) is 0. The number of hydrogen-bond donors (Lipinski definition) is 1. The average Bonchev–Trinajstić information content (AvgIpc) is 3.19. The van der Waals surface area contributed by atoms with Gasteiger partial charge in [-0.2, -0.15) is 0 Å². The molecule has 2 saturated heterocycles. The molecule has 1 aliphatic carbocycles. The maximum atomic E-state index is 6.31. The predicted molar refractivity (Wildman–Crippen MR) is 83.6 cm³/mol. The van der Waals surface area contributed by atoms with Crippen molar-refractivity contribution >= 4 is 0 Å². The highest BCUT2D eigenvalue weighted by molar-refractivity contribution is 5.46. The molecule has 1 aromatic rings. The summed E-state index contributed by atoms with van der Waals surface area (Å²) in [5.41, 5.74) is 1.26. The van der Waals surface area contributed by atoms with Crippen LogP contribution in [0.1, 0.15) is 38.2 Å². The van der Waals surface area contributed by atoms with E-state index in [2.05, 4.69) is 17.4 Å². The van der Waals surface area contributed by atoms with Crippen LogP contribution in [0.25, 0.3) is 0 Å². The first-order valence-corrected chi connectivity index (χ1v) is 8.59. The minimum absolute atomic E-state index is 0.0946. The van der Waals surface area contributed by atoms with Crippen LogP contribution < -0.4 is 14.8 Å². The van der Waals surface area contributed by atoms with Gasteiger partial charge in [0.2, 0.25) is 6.79 Å². The normalized spacial score (nSPS) is 40.0. The van der Waals surface area contributed by atoms with Crippen molar-refractivity contribution in [2.45, 2.75) is 56.6 Å². The summed E-state index contributed by atoms with van der Waals surface area (Å²) in [6.45, 7) is 5.43. The molecule has 23 heavy (non-hydrogen) atoms. The third-order valence-electron chi connectivity index (χ3n) is 5.68. The zero-order chi connectivity index (χ0) is 15.6. The van der Waals surface area contributed by atoms with Crippen LogP contribution in [0.5, 0.6) is 11.5 Å². The molecule has 4 aliphatic rings. The Morgan fingerprint density at radius 1 is 1.13 bits per heavy atom. The Labute approximate surface area is 136 Å². The first kappa shape index (κ1) is 14.1. The Bertz CT molecular complexity index is 631. The quantitative estimate of drug-likeness (QED) is 0.862. The molecule has 124 valence electrons. The molecule has 0 amide bonds. The number of rotatable bonds is 1. The molecule has 0 bridgehead atoms. The minimum Gasteiger partial charge on any atom is -0.454 e. The lowest BCUT2D eigenvalue weighted by atomic mass is 9.71. The largest absolute Gasteiger partial charge is 0.454 e. The molecule has 5 rings (SSSR count). The van der Waals surface area contributed by atoms with Crippen molar-refractivity contribution in [3.05, 3.63) is 23.8 Å². The second-order valence-electron chi connectivity index (χ2n) is 7.54. The van der Waals surface area contributed by atoms with Gasteiger partial charge in [-0.1, -0.05) is 6.07 Å². The summed E-state index contributed by atoms with van der Waals surface area (Å²) in [6, 6.07) is 6.76. The lowest BCUT2D eigenvalue weighted by Gasteiger charge is -2.40. The molecule has 0 aromatic heterocycles. The molecule has 2 unspecified atom stereocenters. The number of hydrogen-bond acceptors (Lipinski definition) is 5. The second kappa shape index (κ2) is 4.85. The van der Waals surface area contributed by atoms with E-state index < -0.39 is 5.79 Å². The monoisotopic (exact) mass is 317 g/mol. The van der Waals surface area contributed by atoms with Gasteiger partial charge in [0.05, 0.1) is 12.2 Å². The third-order valence-corrected chi connectivity index (χ3v) is 5.68.